The van der Waals surface area contributed by atoms with Gasteiger partial charge in [0.15, 0.2) is 5.90 Å². The van der Waals surface area contributed by atoms with Crippen LogP contribution in [0.15, 0.2) is 17.1 Å². The number of nitrogens with zero attached hydrogens (tertiary/aromatic N) is 1. The highest BCUT2D eigenvalue weighted by Crippen LogP contribution is 2.41. The summed E-state index contributed by atoms with van der Waals surface area (Å²) in [6.45, 7) is 0.652. The minimum atomic E-state index is 0.172. The molecule has 0 radical (unpaired) electrons. The molecule has 1 aromatic rings. The molecular formula is C12H13Cl2NO2. The second kappa shape index (κ2) is 5.15. The molecule has 92 valence electrons. The third-order valence-corrected chi connectivity index (χ3v) is 3.68. The molecule has 1 aromatic carbocycles. The van der Waals surface area contributed by atoms with E-state index in [2.05, 4.69) is 4.99 Å². The van der Waals surface area contributed by atoms with E-state index in [1.807, 2.05) is 6.07 Å². The Balaban J connectivity index is 2.35. The van der Waals surface area contributed by atoms with Gasteiger partial charge in [0.2, 0.25) is 0 Å². The number of benzene rings is 1. The van der Waals surface area contributed by atoms with Crippen molar-refractivity contribution in [3.8, 4) is 5.75 Å². The van der Waals surface area contributed by atoms with Gasteiger partial charge in [-0.3, -0.25) is 4.99 Å². The van der Waals surface area contributed by atoms with E-state index in [1.54, 1.807) is 20.3 Å². The molecule has 0 bridgehead atoms. The van der Waals surface area contributed by atoms with E-state index in [4.69, 9.17) is 32.7 Å². The normalized spacial score (nSPS) is 19.1. The van der Waals surface area contributed by atoms with Crippen molar-refractivity contribution < 1.29 is 9.47 Å². The van der Waals surface area contributed by atoms with E-state index >= 15 is 0 Å². The molecule has 0 aromatic heterocycles. The van der Waals surface area contributed by atoms with Gasteiger partial charge in [0.25, 0.3) is 0 Å². The molecule has 1 aliphatic heterocycles. The average molecular weight is 274 g/mol. The van der Waals surface area contributed by atoms with Crippen LogP contribution in [0.3, 0.4) is 0 Å². The molecule has 1 unspecified atom stereocenters. The van der Waals surface area contributed by atoms with Crippen molar-refractivity contribution in [3.63, 3.8) is 0 Å². The molecular weight excluding hydrogens is 261 g/mol. The number of ether oxygens (including phenoxy) is 2. The Kier molecular flexibility index (Phi) is 3.79. The second-order valence-electron chi connectivity index (χ2n) is 3.82. The SMILES string of the molecule is COC1=NCC(c2c(OC)ccc(Cl)c2Cl)C1. The molecule has 0 spiro atoms. The second-order valence-corrected chi connectivity index (χ2v) is 4.60. The summed E-state index contributed by atoms with van der Waals surface area (Å²) in [7, 11) is 3.24. The smallest absolute Gasteiger partial charge is 0.183 e. The largest absolute Gasteiger partial charge is 0.496 e. The number of rotatable bonds is 2. The highest BCUT2D eigenvalue weighted by atomic mass is 35.5. The minimum absolute atomic E-state index is 0.172. The molecule has 0 saturated carbocycles. The van der Waals surface area contributed by atoms with Crippen molar-refractivity contribution in [2.75, 3.05) is 20.8 Å². The summed E-state index contributed by atoms with van der Waals surface area (Å²) in [5, 5.41) is 1.08. The molecule has 0 fully saturated rings. The third-order valence-electron chi connectivity index (χ3n) is 2.87. The molecule has 5 heteroatoms. The van der Waals surface area contributed by atoms with E-state index in [0.29, 0.717) is 16.6 Å². The monoisotopic (exact) mass is 273 g/mol. The topological polar surface area (TPSA) is 30.8 Å². The van der Waals surface area contributed by atoms with Gasteiger partial charge in [-0.1, -0.05) is 23.2 Å². The van der Waals surface area contributed by atoms with E-state index in [-0.39, 0.29) is 5.92 Å². The highest BCUT2D eigenvalue weighted by molar-refractivity contribution is 6.42. The lowest BCUT2D eigenvalue weighted by molar-refractivity contribution is 0.391. The summed E-state index contributed by atoms with van der Waals surface area (Å²) in [5.41, 5.74) is 0.914. The van der Waals surface area contributed by atoms with Crippen molar-refractivity contribution >= 4 is 29.1 Å². The first-order valence-electron chi connectivity index (χ1n) is 5.26. The standard InChI is InChI=1S/C12H13Cl2NO2/c1-16-9-4-3-8(13)12(14)11(9)7-5-10(17-2)15-6-7/h3-4,7H,5-6H2,1-2H3. The molecule has 1 aliphatic rings. The van der Waals surface area contributed by atoms with Crippen LogP contribution in [-0.4, -0.2) is 26.7 Å². The zero-order chi connectivity index (χ0) is 12.4. The van der Waals surface area contributed by atoms with E-state index in [1.165, 1.54) is 0 Å². The van der Waals surface area contributed by atoms with Crippen molar-refractivity contribution in [2.24, 2.45) is 4.99 Å². The zero-order valence-electron chi connectivity index (χ0n) is 9.67. The molecule has 1 heterocycles. The first kappa shape index (κ1) is 12.5. The molecule has 1 atom stereocenters. The van der Waals surface area contributed by atoms with Gasteiger partial charge >= 0.3 is 0 Å². The molecule has 0 saturated heterocycles. The first-order valence-corrected chi connectivity index (χ1v) is 6.02. The van der Waals surface area contributed by atoms with Crippen molar-refractivity contribution in [1.29, 1.82) is 0 Å². The van der Waals surface area contributed by atoms with Crippen LogP contribution in [0, 0.1) is 0 Å². The van der Waals surface area contributed by atoms with Crippen molar-refractivity contribution in [3.05, 3.63) is 27.7 Å². The lowest BCUT2D eigenvalue weighted by Crippen LogP contribution is -2.05. The van der Waals surface area contributed by atoms with Crippen LogP contribution in [-0.2, 0) is 4.74 Å². The maximum absolute atomic E-state index is 6.24. The van der Waals surface area contributed by atoms with Crippen LogP contribution in [0.4, 0.5) is 0 Å². The van der Waals surface area contributed by atoms with E-state index in [0.717, 1.165) is 23.6 Å². The van der Waals surface area contributed by atoms with Gasteiger partial charge in [0, 0.05) is 17.9 Å². The molecule has 2 rings (SSSR count). The van der Waals surface area contributed by atoms with Crippen LogP contribution in [0.5, 0.6) is 5.75 Å². The summed E-state index contributed by atoms with van der Waals surface area (Å²) < 4.78 is 10.5. The van der Waals surface area contributed by atoms with E-state index < -0.39 is 0 Å². The average Bonchev–Trinajstić information content (AvgIpc) is 2.80. The highest BCUT2D eigenvalue weighted by Gasteiger charge is 2.27. The number of halogens is 2. The van der Waals surface area contributed by atoms with Gasteiger partial charge in [-0.2, -0.15) is 0 Å². The number of hydrogen-bond donors (Lipinski definition) is 0. The van der Waals surface area contributed by atoms with E-state index in [9.17, 15) is 0 Å². The van der Waals surface area contributed by atoms with Crippen LogP contribution in [0.2, 0.25) is 10.0 Å². The van der Waals surface area contributed by atoms with Gasteiger partial charge in [0.1, 0.15) is 5.75 Å². The first-order chi connectivity index (χ1) is 8.17. The number of hydrogen-bond acceptors (Lipinski definition) is 3. The molecule has 17 heavy (non-hydrogen) atoms. The van der Waals surface area contributed by atoms with Crippen LogP contribution < -0.4 is 4.74 Å². The predicted octanol–water partition coefficient (Wildman–Crippen LogP) is 3.53. The van der Waals surface area contributed by atoms with Gasteiger partial charge in [-0.25, -0.2) is 0 Å². The number of methoxy groups -OCH3 is 2. The molecule has 3 nitrogen and oxygen atoms in total. The zero-order valence-corrected chi connectivity index (χ0v) is 11.2. The Morgan fingerprint density at radius 3 is 2.59 bits per heavy atom. The maximum Gasteiger partial charge on any atom is 0.183 e. The minimum Gasteiger partial charge on any atom is -0.496 e. The van der Waals surface area contributed by atoms with Gasteiger partial charge in [0.05, 0.1) is 30.8 Å². The summed E-state index contributed by atoms with van der Waals surface area (Å²) in [6, 6.07) is 3.56. The van der Waals surface area contributed by atoms with Crippen LogP contribution >= 0.6 is 23.2 Å². The molecule has 0 N–H and O–H groups in total. The Morgan fingerprint density at radius 1 is 1.24 bits per heavy atom. The molecule has 0 amide bonds. The van der Waals surface area contributed by atoms with Crippen molar-refractivity contribution in [2.45, 2.75) is 12.3 Å². The fourth-order valence-electron chi connectivity index (χ4n) is 2.00. The van der Waals surface area contributed by atoms with Crippen molar-refractivity contribution in [1.82, 2.24) is 0 Å². The Hall–Kier alpha value is -0.930. The summed E-state index contributed by atoms with van der Waals surface area (Å²) in [6.07, 6.45) is 0.729. The predicted molar refractivity (Wildman–Crippen MR) is 69.7 cm³/mol. The fourth-order valence-corrected chi connectivity index (χ4v) is 2.48. The Bertz CT molecular complexity index is 460. The summed E-state index contributed by atoms with van der Waals surface area (Å²) in [4.78, 5) is 4.30. The Labute approximate surface area is 110 Å². The summed E-state index contributed by atoms with van der Waals surface area (Å²) >= 11 is 12.3. The quantitative estimate of drug-likeness (QED) is 0.825. The Morgan fingerprint density at radius 2 is 2.00 bits per heavy atom. The molecule has 0 aliphatic carbocycles. The van der Waals surface area contributed by atoms with Gasteiger partial charge in [-0.15, -0.1) is 0 Å². The summed E-state index contributed by atoms with van der Waals surface area (Å²) in [5.74, 6) is 1.66. The lowest BCUT2D eigenvalue weighted by Gasteiger charge is -2.16. The van der Waals surface area contributed by atoms with Gasteiger partial charge < -0.3 is 9.47 Å². The number of aliphatic imine (C=N–C) groups is 1. The van der Waals surface area contributed by atoms with Crippen LogP contribution in [0.1, 0.15) is 17.9 Å². The third kappa shape index (κ3) is 2.35. The lowest BCUT2D eigenvalue weighted by atomic mass is 9.96. The maximum atomic E-state index is 6.24. The fraction of sp³-hybridized carbons (Fsp3) is 0.417. The van der Waals surface area contributed by atoms with Crippen LogP contribution in [0.25, 0.3) is 0 Å². The van der Waals surface area contributed by atoms with Gasteiger partial charge in [-0.05, 0) is 12.1 Å².